The molecule has 0 saturated carbocycles. The Labute approximate surface area is 162 Å². The van der Waals surface area contributed by atoms with Gasteiger partial charge in [0, 0.05) is 25.1 Å². The van der Waals surface area contributed by atoms with Crippen molar-refractivity contribution in [1.82, 2.24) is 20.8 Å². The lowest BCUT2D eigenvalue weighted by Gasteiger charge is -2.00. The molecule has 1 aromatic heterocycles. The zero-order chi connectivity index (χ0) is 19.9. The summed E-state index contributed by atoms with van der Waals surface area (Å²) in [5, 5.41) is 11.1. The van der Waals surface area contributed by atoms with Gasteiger partial charge in [0.25, 0.3) is 11.8 Å². The third-order valence-electron chi connectivity index (χ3n) is 4.14. The van der Waals surface area contributed by atoms with Crippen LogP contribution in [0.3, 0.4) is 0 Å². The van der Waals surface area contributed by atoms with Gasteiger partial charge in [-0.2, -0.15) is 0 Å². The highest BCUT2D eigenvalue weighted by Crippen LogP contribution is 2.22. The van der Waals surface area contributed by atoms with E-state index in [0.717, 1.165) is 16.7 Å². The number of aromatic nitrogens is 2. The summed E-state index contributed by atoms with van der Waals surface area (Å²) in [6.07, 6.45) is 3.36. The maximum Gasteiger partial charge on any atom is 0.269 e. The number of benzene rings is 2. The molecule has 0 aliphatic heterocycles. The molecular weight excluding hydrogens is 356 g/mol. The van der Waals surface area contributed by atoms with Gasteiger partial charge in [0.1, 0.15) is 17.2 Å². The van der Waals surface area contributed by atoms with Crippen LogP contribution in [-0.2, 0) is 11.2 Å². The number of hydrogen-bond acceptors (Lipinski definition) is 4. The topological polar surface area (TPSA) is 107 Å². The monoisotopic (exact) mass is 376 g/mol. The minimum Gasteiger partial charge on any atom is -0.354 e. The summed E-state index contributed by atoms with van der Waals surface area (Å²) in [6, 6.07) is 17.1. The van der Waals surface area contributed by atoms with Gasteiger partial charge in [-0.1, -0.05) is 54.6 Å². The van der Waals surface area contributed by atoms with Gasteiger partial charge >= 0.3 is 0 Å². The molecule has 7 heteroatoms. The minimum absolute atomic E-state index is 0.222. The Balaban J connectivity index is 1.83. The lowest BCUT2D eigenvalue weighted by atomic mass is 10.1. The van der Waals surface area contributed by atoms with Crippen molar-refractivity contribution in [2.24, 2.45) is 0 Å². The maximum atomic E-state index is 12.2. The summed E-state index contributed by atoms with van der Waals surface area (Å²) >= 11 is 0. The van der Waals surface area contributed by atoms with Crippen LogP contribution < -0.4 is 10.8 Å². The predicted octanol–water partition coefficient (Wildman–Crippen LogP) is 2.55. The molecule has 0 bridgehead atoms. The van der Waals surface area contributed by atoms with E-state index in [4.69, 9.17) is 5.21 Å². The molecule has 0 saturated heterocycles. The van der Waals surface area contributed by atoms with Crippen molar-refractivity contribution in [3.05, 3.63) is 83.3 Å². The molecule has 7 nitrogen and oxygen atoms in total. The first-order valence-electron chi connectivity index (χ1n) is 8.68. The van der Waals surface area contributed by atoms with Crippen LogP contribution >= 0.6 is 0 Å². The summed E-state index contributed by atoms with van der Waals surface area (Å²) in [5.74, 6) is -0.129. The highest BCUT2D eigenvalue weighted by atomic mass is 16.5. The number of amides is 2. The second-order valence-corrected chi connectivity index (χ2v) is 6.08. The number of carbonyl (C=O) groups excluding carboxylic acids is 2. The predicted molar refractivity (Wildman–Crippen MR) is 106 cm³/mol. The smallest absolute Gasteiger partial charge is 0.269 e. The summed E-state index contributed by atoms with van der Waals surface area (Å²) in [4.78, 5) is 31.0. The average Bonchev–Trinajstić information content (AvgIpc) is 3.16. The number of aromatic amines is 1. The van der Waals surface area contributed by atoms with Crippen LogP contribution in [0.4, 0.5) is 0 Å². The Morgan fingerprint density at radius 2 is 1.82 bits per heavy atom. The van der Waals surface area contributed by atoms with Crippen molar-refractivity contribution in [1.29, 1.82) is 0 Å². The summed E-state index contributed by atoms with van der Waals surface area (Å²) in [6.45, 7) is 0. The molecule has 2 aromatic carbocycles. The van der Waals surface area contributed by atoms with Crippen LogP contribution in [0.25, 0.3) is 17.3 Å². The Hall–Kier alpha value is -3.71. The van der Waals surface area contributed by atoms with Gasteiger partial charge in [-0.25, -0.2) is 10.5 Å². The molecule has 0 radical (unpaired) electrons. The fraction of sp³-hybridized carbons (Fsp3) is 0.0952. The first-order valence-corrected chi connectivity index (χ1v) is 8.68. The van der Waals surface area contributed by atoms with Gasteiger partial charge in [-0.3, -0.25) is 14.8 Å². The SMILES string of the molecule is CNC(=O)c1[nH]c(Cc2ccc(C=CC(=O)NO)cc2)nc1-c1ccccc1. The average molecular weight is 376 g/mol. The van der Waals surface area contributed by atoms with E-state index in [9.17, 15) is 9.59 Å². The normalized spacial score (nSPS) is 10.8. The quantitative estimate of drug-likeness (QED) is 0.301. The minimum atomic E-state index is -0.588. The summed E-state index contributed by atoms with van der Waals surface area (Å²) in [7, 11) is 1.58. The molecule has 0 unspecified atom stereocenters. The molecule has 1 heterocycles. The van der Waals surface area contributed by atoms with Gasteiger partial charge < -0.3 is 10.3 Å². The van der Waals surface area contributed by atoms with Crippen LogP contribution in [0.1, 0.15) is 27.4 Å². The third kappa shape index (κ3) is 4.52. The van der Waals surface area contributed by atoms with Crippen molar-refractivity contribution in [2.75, 3.05) is 7.05 Å². The van der Waals surface area contributed by atoms with E-state index in [1.54, 1.807) is 18.6 Å². The molecule has 28 heavy (non-hydrogen) atoms. The molecule has 0 aliphatic rings. The lowest BCUT2D eigenvalue weighted by Crippen LogP contribution is -2.19. The van der Waals surface area contributed by atoms with Crippen LogP contribution in [-0.4, -0.2) is 34.0 Å². The summed E-state index contributed by atoms with van der Waals surface area (Å²) in [5.41, 5.74) is 5.28. The van der Waals surface area contributed by atoms with Gasteiger partial charge in [-0.15, -0.1) is 0 Å². The Bertz CT molecular complexity index is 992. The highest BCUT2D eigenvalue weighted by molar-refractivity contribution is 5.98. The largest absolute Gasteiger partial charge is 0.354 e. The number of carbonyl (C=O) groups is 2. The maximum absolute atomic E-state index is 12.2. The van der Waals surface area contributed by atoms with Crippen molar-refractivity contribution < 1.29 is 14.8 Å². The van der Waals surface area contributed by atoms with Crippen molar-refractivity contribution in [2.45, 2.75) is 6.42 Å². The zero-order valence-electron chi connectivity index (χ0n) is 15.3. The number of imidazole rings is 1. The van der Waals surface area contributed by atoms with E-state index in [1.165, 1.54) is 6.08 Å². The Morgan fingerprint density at radius 3 is 2.46 bits per heavy atom. The number of H-pyrrole nitrogens is 1. The molecule has 3 aromatic rings. The van der Waals surface area contributed by atoms with Crippen LogP contribution in [0.15, 0.2) is 60.7 Å². The Morgan fingerprint density at radius 1 is 1.11 bits per heavy atom. The molecule has 142 valence electrons. The van der Waals surface area contributed by atoms with Gasteiger partial charge in [0.15, 0.2) is 0 Å². The van der Waals surface area contributed by atoms with E-state index in [-0.39, 0.29) is 5.91 Å². The molecule has 3 rings (SSSR count). The van der Waals surface area contributed by atoms with E-state index in [0.29, 0.717) is 23.6 Å². The number of hydroxylamine groups is 1. The van der Waals surface area contributed by atoms with Crippen molar-refractivity contribution in [3.63, 3.8) is 0 Å². The fourth-order valence-electron chi connectivity index (χ4n) is 2.75. The van der Waals surface area contributed by atoms with Gasteiger partial charge in [0.2, 0.25) is 0 Å². The fourth-order valence-corrected chi connectivity index (χ4v) is 2.75. The van der Waals surface area contributed by atoms with Crippen LogP contribution in [0, 0.1) is 0 Å². The van der Waals surface area contributed by atoms with E-state index in [2.05, 4.69) is 15.3 Å². The molecule has 2 amide bonds. The van der Waals surface area contributed by atoms with E-state index < -0.39 is 5.91 Å². The number of nitrogens with one attached hydrogen (secondary N) is 3. The van der Waals surface area contributed by atoms with E-state index >= 15 is 0 Å². The van der Waals surface area contributed by atoms with Gasteiger partial charge in [0.05, 0.1) is 0 Å². The molecule has 0 spiro atoms. The lowest BCUT2D eigenvalue weighted by molar-refractivity contribution is -0.124. The van der Waals surface area contributed by atoms with Gasteiger partial charge in [-0.05, 0) is 17.2 Å². The van der Waals surface area contributed by atoms with Crippen molar-refractivity contribution >= 4 is 17.9 Å². The standard InChI is InChI=1S/C21H20N4O3/c1-22-21(27)20-19(16-5-3-2-4-6-16)23-17(24-20)13-15-9-7-14(8-10-15)11-12-18(26)25-28/h2-12,28H,13H2,1H3,(H,22,27)(H,23,24)(H,25,26). The molecule has 0 fully saturated rings. The number of hydrogen-bond donors (Lipinski definition) is 4. The molecule has 4 N–H and O–H groups in total. The van der Waals surface area contributed by atoms with Crippen LogP contribution in [0.2, 0.25) is 0 Å². The van der Waals surface area contributed by atoms with Crippen LogP contribution in [0.5, 0.6) is 0 Å². The first-order chi connectivity index (χ1) is 13.6. The third-order valence-corrected chi connectivity index (χ3v) is 4.14. The first kappa shape index (κ1) is 19.1. The molecule has 0 aliphatic carbocycles. The van der Waals surface area contributed by atoms with E-state index in [1.807, 2.05) is 54.6 Å². The highest BCUT2D eigenvalue weighted by Gasteiger charge is 2.17. The number of nitrogens with zero attached hydrogens (tertiary/aromatic N) is 1. The second-order valence-electron chi connectivity index (χ2n) is 6.08. The Kier molecular flexibility index (Phi) is 5.98. The zero-order valence-corrected chi connectivity index (χ0v) is 15.3. The summed E-state index contributed by atoms with van der Waals surface area (Å²) < 4.78 is 0. The van der Waals surface area contributed by atoms with Crippen molar-refractivity contribution in [3.8, 4) is 11.3 Å². The number of rotatable bonds is 6. The molecule has 0 atom stereocenters. The second kappa shape index (κ2) is 8.79. The molecular formula is C21H20N4O3.